The second kappa shape index (κ2) is 5.06. The zero-order valence-corrected chi connectivity index (χ0v) is 11.7. The maximum absolute atomic E-state index is 12.6. The highest BCUT2D eigenvalue weighted by atomic mass is 32.2. The lowest BCUT2D eigenvalue weighted by molar-refractivity contribution is -0.137. The van der Waals surface area contributed by atoms with Crippen LogP contribution in [-0.4, -0.2) is 13.6 Å². The summed E-state index contributed by atoms with van der Waals surface area (Å²) in [4.78, 5) is -0.292. The second-order valence-electron chi connectivity index (χ2n) is 4.22. The van der Waals surface area contributed by atoms with Crippen molar-refractivity contribution in [2.45, 2.75) is 24.9 Å². The van der Waals surface area contributed by atoms with Gasteiger partial charge in [0.15, 0.2) is 10.7 Å². The summed E-state index contributed by atoms with van der Waals surface area (Å²) < 4.78 is 71.3. The Labute approximate surface area is 118 Å². The first kappa shape index (κ1) is 15.4. The zero-order chi connectivity index (χ0) is 15.8. The highest BCUT2D eigenvalue weighted by Gasteiger charge is 2.32. The Balaban J connectivity index is 2.38. The van der Waals surface area contributed by atoms with E-state index in [1.165, 1.54) is 13.8 Å². The Hall–Kier alpha value is -2.03. The molecule has 0 unspecified atom stereocenters. The lowest BCUT2D eigenvalue weighted by Crippen LogP contribution is -2.12. The molecule has 0 aliphatic heterocycles. The minimum atomic E-state index is -4.59. The lowest BCUT2D eigenvalue weighted by Gasteiger charge is -2.10. The number of aromatic nitrogens is 1. The molecule has 0 bridgehead atoms. The molecule has 2 aromatic rings. The van der Waals surface area contributed by atoms with E-state index in [1.807, 2.05) is 0 Å². The molecule has 0 atom stereocenters. The van der Waals surface area contributed by atoms with Gasteiger partial charge in [-0.05, 0) is 32.0 Å². The quantitative estimate of drug-likeness (QED) is 0.813. The number of halogens is 3. The highest BCUT2D eigenvalue weighted by Crippen LogP contribution is 2.32. The van der Waals surface area contributed by atoms with Crippen LogP contribution in [0.1, 0.15) is 17.0 Å². The van der Waals surface area contributed by atoms with Crippen molar-refractivity contribution in [3.63, 3.8) is 0 Å². The molecule has 114 valence electrons. The molecule has 0 spiro atoms. The first-order chi connectivity index (χ1) is 9.61. The number of aryl methyl sites for hydroxylation is 2. The fourth-order valence-corrected chi connectivity index (χ4v) is 2.95. The van der Waals surface area contributed by atoms with E-state index in [0.717, 1.165) is 18.2 Å². The van der Waals surface area contributed by atoms with E-state index in [9.17, 15) is 21.6 Å². The fourth-order valence-electron chi connectivity index (χ4n) is 1.72. The predicted octanol–water partition coefficient (Wildman–Crippen LogP) is 3.08. The number of rotatable bonds is 3. The molecule has 1 aromatic heterocycles. The Morgan fingerprint density at radius 1 is 1.24 bits per heavy atom. The number of benzene rings is 1. The van der Waals surface area contributed by atoms with Crippen LogP contribution in [-0.2, 0) is 16.3 Å². The van der Waals surface area contributed by atoms with Crippen molar-refractivity contribution in [1.29, 1.82) is 0 Å². The minimum Gasteiger partial charge on any atom is -0.379 e. The Kier molecular flexibility index (Phi) is 3.70. The zero-order valence-electron chi connectivity index (χ0n) is 10.9. The van der Waals surface area contributed by atoms with Crippen molar-refractivity contribution in [2.24, 2.45) is 0 Å². The number of nitrogens with zero attached hydrogens (tertiary/aromatic N) is 1. The van der Waals surface area contributed by atoms with E-state index >= 15 is 0 Å². The Morgan fingerprint density at radius 3 is 2.43 bits per heavy atom. The van der Waals surface area contributed by atoms with Gasteiger partial charge in [0.2, 0.25) is 0 Å². The molecule has 0 amide bonds. The number of hydrogen-bond donors (Lipinski definition) is 0. The van der Waals surface area contributed by atoms with Crippen molar-refractivity contribution in [2.75, 3.05) is 0 Å². The van der Waals surface area contributed by atoms with Gasteiger partial charge in [-0.2, -0.15) is 21.6 Å². The van der Waals surface area contributed by atoms with Gasteiger partial charge < -0.3 is 8.71 Å². The van der Waals surface area contributed by atoms with Crippen LogP contribution in [0.25, 0.3) is 0 Å². The largest absolute Gasteiger partial charge is 0.416 e. The van der Waals surface area contributed by atoms with Crippen molar-refractivity contribution in [3.8, 4) is 5.75 Å². The van der Waals surface area contributed by atoms with Gasteiger partial charge in [-0.1, -0.05) is 11.2 Å². The summed E-state index contributed by atoms with van der Waals surface area (Å²) in [5, 5.41) is 3.47. The maximum Gasteiger partial charge on any atom is 0.416 e. The van der Waals surface area contributed by atoms with E-state index in [-0.39, 0.29) is 16.3 Å². The maximum atomic E-state index is 12.6. The van der Waals surface area contributed by atoms with Gasteiger partial charge in [0.25, 0.3) is 0 Å². The van der Waals surface area contributed by atoms with Gasteiger partial charge in [0.1, 0.15) is 11.4 Å². The van der Waals surface area contributed by atoms with E-state index < -0.39 is 27.6 Å². The SMILES string of the molecule is Cc1noc(C)c1S(=O)(=O)Oc1cccc(C(F)(F)F)c1. The lowest BCUT2D eigenvalue weighted by atomic mass is 10.2. The van der Waals surface area contributed by atoms with Crippen LogP contribution in [0.2, 0.25) is 0 Å². The molecule has 1 heterocycles. The van der Waals surface area contributed by atoms with Crippen LogP contribution in [0.15, 0.2) is 33.7 Å². The summed E-state index contributed by atoms with van der Waals surface area (Å²) in [6.45, 7) is 2.75. The molecular formula is C12H10F3NO4S. The van der Waals surface area contributed by atoms with Crippen LogP contribution in [0.5, 0.6) is 5.75 Å². The van der Waals surface area contributed by atoms with Crippen molar-refractivity contribution < 1.29 is 30.3 Å². The topological polar surface area (TPSA) is 69.4 Å². The van der Waals surface area contributed by atoms with Crippen LogP contribution in [0.4, 0.5) is 13.2 Å². The summed E-state index contributed by atoms with van der Waals surface area (Å²) in [5.41, 5.74) is -0.937. The first-order valence-electron chi connectivity index (χ1n) is 5.66. The summed E-state index contributed by atoms with van der Waals surface area (Å²) >= 11 is 0. The Morgan fingerprint density at radius 2 is 1.90 bits per heavy atom. The number of hydrogen-bond acceptors (Lipinski definition) is 5. The van der Waals surface area contributed by atoms with E-state index in [4.69, 9.17) is 8.71 Å². The van der Waals surface area contributed by atoms with E-state index in [2.05, 4.69) is 5.16 Å². The normalized spacial score (nSPS) is 12.4. The Bertz CT molecular complexity index is 746. The molecule has 0 saturated carbocycles. The summed E-state index contributed by atoms with van der Waals surface area (Å²) in [7, 11) is -4.32. The van der Waals surface area contributed by atoms with Gasteiger partial charge in [-0.25, -0.2) is 0 Å². The fraction of sp³-hybridized carbons (Fsp3) is 0.250. The van der Waals surface area contributed by atoms with Crippen molar-refractivity contribution >= 4 is 10.1 Å². The van der Waals surface area contributed by atoms with E-state index in [1.54, 1.807) is 0 Å². The molecular weight excluding hydrogens is 311 g/mol. The average molecular weight is 321 g/mol. The third-order valence-corrected chi connectivity index (χ3v) is 4.08. The first-order valence-corrected chi connectivity index (χ1v) is 7.07. The summed E-state index contributed by atoms with van der Waals surface area (Å²) in [6, 6.07) is 3.59. The molecule has 0 radical (unpaired) electrons. The van der Waals surface area contributed by atoms with E-state index in [0.29, 0.717) is 6.07 Å². The second-order valence-corrected chi connectivity index (χ2v) is 5.70. The third kappa shape index (κ3) is 3.18. The smallest absolute Gasteiger partial charge is 0.379 e. The molecule has 0 N–H and O–H groups in total. The molecule has 5 nitrogen and oxygen atoms in total. The van der Waals surface area contributed by atoms with Gasteiger partial charge in [0.05, 0.1) is 5.56 Å². The number of alkyl halides is 3. The minimum absolute atomic E-state index is 0.000485. The van der Waals surface area contributed by atoms with Crippen molar-refractivity contribution in [3.05, 3.63) is 41.3 Å². The van der Waals surface area contributed by atoms with Crippen LogP contribution < -0.4 is 4.18 Å². The van der Waals surface area contributed by atoms with Crippen molar-refractivity contribution in [1.82, 2.24) is 5.16 Å². The highest BCUT2D eigenvalue weighted by molar-refractivity contribution is 7.87. The molecule has 0 aliphatic rings. The predicted molar refractivity (Wildman–Crippen MR) is 65.2 cm³/mol. The molecule has 21 heavy (non-hydrogen) atoms. The van der Waals surface area contributed by atoms with Crippen LogP contribution in [0.3, 0.4) is 0 Å². The summed E-state index contributed by atoms with van der Waals surface area (Å²) in [6.07, 6.45) is -4.59. The van der Waals surface area contributed by atoms with Gasteiger partial charge >= 0.3 is 16.3 Å². The van der Waals surface area contributed by atoms with Gasteiger partial charge in [-0.15, -0.1) is 0 Å². The van der Waals surface area contributed by atoms with Crippen LogP contribution in [0, 0.1) is 13.8 Å². The third-order valence-electron chi connectivity index (χ3n) is 2.59. The molecule has 2 rings (SSSR count). The summed E-state index contributed by atoms with van der Waals surface area (Å²) in [5.74, 6) is -0.440. The average Bonchev–Trinajstić information content (AvgIpc) is 2.68. The molecule has 0 fully saturated rings. The standard InChI is InChI=1S/C12H10F3NO4S/c1-7-11(8(2)19-16-7)21(17,18)20-10-5-3-4-9(6-10)12(13,14)15/h3-6H,1-2H3. The monoisotopic (exact) mass is 321 g/mol. The molecule has 9 heteroatoms. The molecule has 0 aliphatic carbocycles. The van der Waals surface area contributed by atoms with Gasteiger partial charge in [-0.3, -0.25) is 0 Å². The molecule has 1 aromatic carbocycles. The van der Waals surface area contributed by atoms with Gasteiger partial charge in [0, 0.05) is 0 Å². The van der Waals surface area contributed by atoms with Crippen LogP contribution >= 0.6 is 0 Å². The molecule has 0 saturated heterocycles.